The molecule has 5 atom stereocenters. The number of benzene rings is 1. The van der Waals surface area contributed by atoms with Crippen LogP contribution in [0.15, 0.2) is 48.1 Å². The van der Waals surface area contributed by atoms with Crippen molar-refractivity contribution >= 4 is 0 Å². The van der Waals surface area contributed by atoms with Crippen LogP contribution in [0.3, 0.4) is 0 Å². The fourth-order valence-corrected chi connectivity index (χ4v) is 5.76. The second-order valence-electron chi connectivity index (χ2n) is 9.61. The predicted molar refractivity (Wildman–Crippen MR) is 119 cm³/mol. The van der Waals surface area contributed by atoms with Crippen LogP contribution in [-0.4, -0.2) is 35.5 Å². The van der Waals surface area contributed by atoms with Crippen LogP contribution in [0.25, 0.3) is 0 Å². The van der Waals surface area contributed by atoms with Crippen molar-refractivity contribution < 1.29 is 10.2 Å². The average Bonchev–Trinajstić information content (AvgIpc) is 3.22. The fraction of sp³-hybridized carbons (Fsp3) is 0.615. The Bertz CT molecular complexity index is 734. The number of hydrogen-bond donors (Lipinski definition) is 3. The molecular weight excluding hydrogens is 358 g/mol. The number of aliphatic hydroxyl groups excluding tert-OH is 2. The maximum atomic E-state index is 10.6. The molecule has 158 valence electrons. The van der Waals surface area contributed by atoms with Crippen LogP contribution in [0, 0.1) is 30.6 Å². The summed E-state index contributed by atoms with van der Waals surface area (Å²) in [5.41, 5.74) is 4.00. The summed E-state index contributed by atoms with van der Waals surface area (Å²) in [7, 11) is 0. The summed E-state index contributed by atoms with van der Waals surface area (Å²) >= 11 is 0. The second kappa shape index (κ2) is 9.59. The molecule has 3 N–H and O–H groups in total. The number of nitrogens with one attached hydrogen (secondary N) is 1. The summed E-state index contributed by atoms with van der Waals surface area (Å²) in [5, 5.41) is 24.5. The highest BCUT2D eigenvalue weighted by Crippen LogP contribution is 2.48. The third kappa shape index (κ3) is 5.39. The molecule has 29 heavy (non-hydrogen) atoms. The number of piperidine rings is 1. The monoisotopic (exact) mass is 395 g/mol. The van der Waals surface area contributed by atoms with Crippen molar-refractivity contribution in [3.63, 3.8) is 0 Å². The molecular formula is C26H37NO2. The van der Waals surface area contributed by atoms with Crippen LogP contribution in [-0.2, 0) is 6.42 Å². The molecule has 0 aromatic heterocycles. The molecule has 1 aromatic carbocycles. The van der Waals surface area contributed by atoms with Gasteiger partial charge in [0.2, 0.25) is 0 Å². The maximum absolute atomic E-state index is 10.6. The number of rotatable bonds is 7. The van der Waals surface area contributed by atoms with Crippen LogP contribution < -0.4 is 5.32 Å². The maximum Gasteiger partial charge on any atom is 0.0761 e. The zero-order chi connectivity index (χ0) is 20.2. The molecule has 0 unspecified atom stereocenters. The van der Waals surface area contributed by atoms with Gasteiger partial charge in [-0.2, -0.15) is 0 Å². The normalized spacial score (nSPS) is 31.2. The molecule has 3 nitrogen and oxygen atoms in total. The number of allylic oxidation sites excluding steroid dienone is 2. The Morgan fingerprint density at radius 3 is 2.86 bits per heavy atom. The topological polar surface area (TPSA) is 52.5 Å². The smallest absolute Gasteiger partial charge is 0.0761 e. The Labute approximate surface area is 175 Å². The molecule has 1 heterocycles. The molecule has 1 saturated heterocycles. The van der Waals surface area contributed by atoms with E-state index >= 15 is 0 Å². The van der Waals surface area contributed by atoms with Crippen LogP contribution in [0.4, 0.5) is 0 Å². The fourth-order valence-electron chi connectivity index (χ4n) is 5.76. The van der Waals surface area contributed by atoms with E-state index in [0.29, 0.717) is 18.3 Å². The van der Waals surface area contributed by atoms with Gasteiger partial charge in [-0.3, -0.25) is 0 Å². The first-order valence-corrected chi connectivity index (χ1v) is 11.6. The number of hydrogen-bond acceptors (Lipinski definition) is 3. The van der Waals surface area contributed by atoms with Gasteiger partial charge in [0.15, 0.2) is 0 Å². The molecule has 1 saturated carbocycles. The SMILES string of the molecule is Cc1cccc(C[C@@H](O)C=C[C@@H]2[C@H]3CC(CCC4CCNCC4)=C[C@H]3C[C@H]2O)c1. The van der Waals surface area contributed by atoms with E-state index in [9.17, 15) is 10.2 Å². The highest BCUT2D eigenvalue weighted by atomic mass is 16.3. The van der Waals surface area contributed by atoms with Gasteiger partial charge in [0.05, 0.1) is 12.2 Å². The van der Waals surface area contributed by atoms with Gasteiger partial charge < -0.3 is 15.5 Å². The lowest BCUT2D eigenvalue weighted by Crippen LogP contribution is -2.27. The van der Waals surface area contributed by atoms with Gasteiger partial charge in [0.25, 0.3) is 0 Å². The van der Waals surface area contributed by atoms with Crippen molar-refractivity contribution in [2.24, 2.45) is 23.7 Å². The summed E-state index contributed by atoms with van der Waals surface area (Å²) in [6.45, 7) is 4.44. The van der Waals surface area contributed by atoms with E-state index in [1.54, 1.807) is 5.57 Å². The second-order valence-corrected chi connectivity index (χ2v) is 9.61. The average molecular weight is 396 g/mol. The lowest BCUT2D eigenvalue weighted by molar-refractivity contribution is 0.140. The van der Waals surface area contributed by atoms with Crippen LogP contribution >= 0.6 is 0 Å². The van der Waals surface area contributed by atoms with Crippen molar-refractivity contribution in [3.8, 4) is 0 Å². The number of aryl methyl sites for hydroxylation is 1. The first-order chi connectivity index (χ1) is 14.1. The molecule has 0 amide bonds. The van der Waals surface area contributed by atoms with E-state index in [2.05, 4.69) is 42.6 Å². The lowest BCUT2D eigenvalue weighted by atomic mass is 9.87. The number of aliphatic hydroxyl groups is 2. The van der Waals surface area contributed by atoms with Crippen molar-refractivity contribution in [3.05, 3.63) is 59.2 Å². The molecule has 1 aliphatic heterocycles. The van der Waals surface area contributed by atoms with Crippen molar-refractivity contribution in [1.82, 2.24) is 5.32 Å². The Balaban J connectivity index is 1.29. The Hall–Kier alpha value is -1.42. The van der Waals surface area contributed by atoms with E-state index in [1.807, 2.05) is 12.1 Å². The third-order valence-electron chi connectivity index (χ3n) is 7.37. The van der Waals surface area contributed by atoms with Gasteiger partial charge in [-0.1, -0.05) is 53.6 Å². The van der Waals surface area contributed by atoms with E-state index in [0.717, 1.165) is 24.3 Å². The molecule has 0 spiro atoms. The summed E-state index contributed by atoms with van der Waals surface area (Å²) in [6, 6.07) is 8.33. The van der Waals surface area contributed by atoms with Gasteiger partial charge in [0, 0.05) is 12.3 Å². The predicted octanol–water partition coefficient (Wildman–Crippen LogP) is 4.18. The summed E-state index contributed by atoms with van der Waals surface area (Å²) in [6.07, 6.45) is 13.6. The first-order valence-electron chi connectivity index (χ1n) is 11.6. The minimum atomic E-state index is -0.489. The van der Waals surface area contributed by atoms with Crippen LogP contribution in [0.2, 0.25) is 0 Å². The summed E-state index contributed by atoms with van der Waals surface area (Å²) in [5.74, 6) is 2.11. The molecule has 4 rings (SSSR count). The van der Waals surface area contributed by atoms with E-state index < -0.39 is 6.10 Å². The minimum Gasteiger partial charge on any atom is -0.392 e. The van der Waals surface area contributed by atoms with Gasteiger partial charge in [-0.05, 0) is 81.9 Å². The summed E-state index contributed by atoms with van der Waals surface area (Å²) < 4.78 is 0. The van der Waals surface area contributed by atoms with E-state index in [1.165, 1.54) is 44.3 Å². The quantitative estimate of drug-likeness (QED) is 0.607. The minimum absolute atomic E-state index is 0.180. The van der Waals surface area contributed by atoms with Gasteiger partial charge in [-0.15, -0.1) is 0 Å². The zero-order valence-electron chi connectivity index (χ0n) is 17.8. The first kappa shape index (κ1) is 20.8. The Morgan fingerprint density at radius 1 is 1.24 bits per heavy atom. The summed E-state index contributed by atoms with van der Waals surface area (Å²) in [4.78, 5) is 0. The largest absolute Gasteiger partial charge is 0.392 e. The molecule has 0 radical (unpaired) electrons. The van der Waals surface area contributed by atoms with Gasteiger partial charge in [0.1, 0.15) is 0 Å². The lowest BCUT2D eigenvalue weighted by Gasteiger charge is -2.23. The molecule has 0 bridgehead atoms. The molecule has 2 fully saturated rings. The van der Waals surface area contributed by atoms with Gasteiger partial charge in [-0.25, -0.2) is 0 Å². The Morgan fingerprint density at radius 2 is 2.07 bits per heavy atom. The van der Waals surface area contributed by atoms with E-state index in [4.69, 9.17) is 0 Å². The molecule has 3 heteroatoms. The number of fused-ring (bicyclic) bond motifs is 1. The van der Waals surface area contributed by atoms with Crippen molar-refractivity contribution in [2.75, 3.05) is 13.1 Å². The highest BCUT2D eigenvalue weighted by Gasteiger charge is 2.43. The van der Waals surface area contributed by atoms with Crippen molar-refractivity contribution in [1.29, 1.82) is 0 Å². The zero-order valence-corrected chi connectivity index (χ0v) is 17.8. The van der Waals surface area contributed by atoms with Crippen LogP contribution in [0.1, 0.15) is 49.7 Å². The molecule has 3 aliphatic rings. The van der Waals surface area contributed by atoms with E-state index in [-0.39, 0.29) is 12.0 Å². The van der Waals surface area contributed by atoms with Crippen LogP contribution in [0.5, 0.6) is 0 Å². The Kier molecular flexibility index (Phi) is 6.89. The molecule has 2 aliphatic carbocycles. The standard InChI is InChI=1S/C26H37NO2/c1-18-3-2-4-20(13-18)15-23(28)7-8-24-25-16-21(14-22(25)17-26(24)29)6-5-19-9-11-27-12-10-19/h2-4,7-8,13-14,19,22-29H,5-6,9-12,15-17H2,1H3/t22-,23-,24+,25-,26+/m0/s1. The molecule has 1 aromatic rings. The van der Waals surface area contributed by atoms with Crippen molar-refractivity contribution in [2.45, 2.75) is 64.1 Å². The van der Waals surface area contributed by atoms with Gasteiger partial charge >= 0.3 is 0 Å². The third-order valence-corrected chi connectivity index (χ3v) is 7.37. The highest BCUT2D eigenvalue weighted by molar-refractivity contribution is 5.24.